The Balaban J connectivity index is 1.72. The average molecular weight is 316 g/mol. The molecule has 1 saturated heterocycles. The predicted octanol–water partition coefficient (Wildman–Crippen LogP) is 2.67. The summed E-state index contributed by atoms with van der Waals surface area (Å²) in [4.78, 5) is 27.4. The van der Waals surface area contributed by atoms with Gasteiger partial charge < -0.3 is 15.0 Å². The largest absolute Gasteiger partial charge is 0.495 e. The molecule has 1 heterocycles. The third-order valence-electron chi connectivity index (χ3n) is 4.89. The summed E-state index contributed by atoms with van der Waals surface area (Å²) in [6.07, 6.45) is 3.46. The first-order valence-corrected chi connectivity index (χ1v) is 8.30. The Morgan fingerprint density at radius 3 is 2.70 bits per heavy atom. The quantitative estimate of drug-likeness (QED) is 0.869. The van der Waals surface area contributed by atoms with E-state index in [1.165, 1.54) is 0 Å². The second kappa shape index (κ2) is 6.22. The van der Waals surface area contributed by atoms with Crippen LogP contribution in [0.4, 0.5) is 5.69 Å². The number of hydrogen-bond acceptors (Lipinski definition) is 3. The molecule has 1 unspecified atom stereocenters. The second-order valence-corrected chi connectivity index (χ2v) is 6.74. The molecule has 2 fully saturated rings. The van der Waals surface area contributed by atoms with Crippen LogP contribution < -0.4 is 10.1 Å². The lowest BCUT2D eigenvalue weighted by Gasteiger charge is -2.33. The number of methoxy groups -OCH3 is 1. The summed E-state index contributed by atoms with van der Waals surface area (Å²) in [5.74, 6) is 0.915. The van der Waals surface area contributed by atoms with E-state index in [0.717, 1.165) is 25.9 Å². The maximum absolute atomic E-state index is 12.8. The number of hydrogen-bond donors (Lipinski definition) is 1. The van der Waals surface area contributed by atoms with E-state index in [0.29, 0.717) is 30.2 Å². The monoisotopic (exact) mass is 316 g/mol. The van der Waals surface area contributed by atoms with Crippen molar-refractivity contribution in [3.8, 4) is 5.75 Å². The Labute approximate surface area is 137 Å². The van der Waals surface area contributed by atoms with Crippen LogP contribution >= 0.6 is 0 Å². The van der Waals surface area contributed by atoms with Gasteiger partial charge in [0.1, 0.15) is 11.2 Å². The van der Waals surface area contributed by atoms with Crippen LogP contribution in [-0.4, -0.2) is 36.9 Å². The molecule has 1 aliphatic carbocycles. The number of amides is 2. The Morgan fingerprint density at radius 1 is 1.30 bits per heavy atom. The van der Waals surface area contributed by atoms with Crippen LogP contribution in [0.2, 0.25) is 0 Å². The van der Waals surface area contributed by atoms with Crippen molar-refractivity contribution in [2.45, 2.75) is 32.6 Å². The van der Waals surface area contributed by atoms with Gasteiger partial charge in [-0.1, -0.05) is 19.1 Å². The number of likely N-dealkylation sites (tertiary alicyclic amines) is 1. The number of piperidine rings is 1. The van der Waals surface area contributed by atoms with Crippen molar-refractivity contribution < 1.29 is 14.3 Å². The van der Waals surface area contributed by atoms with Crippen molar-refractivity contribution in [2.24, 2.45) is 11.3 Å². The fourth-order valence-electron chi connectivity index (χ4n) is 3.33. The molecule has 2 aliphatic rings. The van der Waals surface area contributed by atoms with Gasteiger partial charge in [-0.25, -0.2) is 0 Å². The van der Waals surface area contributed by atoms with E-state index in [9.17, 15) is 9.59 Å². The molecular formula is C18H24N2O3. The Hall–Kier alpha value is -2.04. The number of anilines is 1. The molecule has 1 saturated carbocycles. The highest BCUT2D eigenvalue weighted by atomic mass is 16.5. The first-order valence-electron chi connectivity index (χ1n) is 8.30. The highest BCUT2D eigenvalue weighted by Crippen LogP contribution is 2.49. The predicted molar refractivity (Wildman–Crippen MR) is 88.3 cm³/mol. The summed E-state index contributed by atoms with van der Waals surface area (Å²) in [6, 6.07) is 7.27. The lowest BCUT2D eigenvalue weighted by atomic mass is 9.96. The first kappa shape index (κ1) is 15.8. The molecule has 1 aliphatic heterocycles. The minimum absolute atomic E-state index is 0.00329. The molecule has 0 spiro atoms. The molecule has 2 amide bonds. The van der Waals surface area contributed by atoms with Gasteiger partial charge in [0, 0.05) is 13.1 Å². The van der Waals surface area contributed by atoms with Crippen LogP contribution in [0.3, 0.4) is 0 Å². The summed E-state index contributed by atoms with van der Waals surface area (Å²) in [6.45, 7) is 3.70. The lowest BCUT2D eigenvalue weighted by Crippen LogP contribution is -2.46. The van der Waals surface area contributed by atoms with E-state index in [-0.39, 0.29) is 11.8 Å². The van der Waals surface area contributed by atoms with Gasteiger partial charge in [-0.05, 0) is 43.7 Å². The zero-order chi connectivity index (χ0) is 16.4. The highest BCUT2D eigenvalue weighted by molar-refractivity contribution is 6.13. The maximum Gasteiger partial charge on any atom is 0.240 e. The van der Waals surface area contributed by atoms with Crippen LogP contribution in [0.5, 0.6) is 5.75 Å². The van der Waals surface area contributed by atoms with Crippen molar-refractivity contribution in [3.63, 3.8) is 0 Å². The number of para-hydroxylation sites is 2. The van der Waals surface area contributed by atoms with Crippen molar-refractivity contribution in [1.29, 1.82) is 0 Å². The van der Waals surface area contributed by atoms with Gasteiger partial charge in [-0.3, -0.25) is 9.59 Å². The molecular weight excluding hydrogens is 292 g/mol. The maximum atomic E-state index is 12.8. The van der Waals surface area contributed by atoms with Crippen molar-refractivity contribution in [1.82, 2.24) is 4.90 Å². The molecule has 0 radical (unpaired) electrons. The third kappa shape index (κ3) is 3.05. The molecule has 3 rings (SSSR count). The smallest absolute Gasteiger partial charge is 0.240 e. The Bertz CT molecular complexity index is 610. The average Bonchev–Trinajstić information content (AvgIpc) is 3.36. The van der Waals surface area contributed by atoms with Crippen molar-refractivity contribution in [2.75, 3.05) is 25.5 Å². The topological polar surface area (TPSA) is 58.6 Å². The molecule has 5 nitrogen and oxygen atoms in total. The molecule has 1 aromatic carbocycles. The second-order valence-electron chi connectivity index (χ2n) is 6.74. The summed E-state index contributed by atoms with van der Waals surface area (Å²) < 4.78 is 5.26. The van der Waals surface area contributed by atoms with Gasteiger partial charge in [0.05, 0.1) is 12.8 Å². The standard InChI is InChI=1S/C18H24N2O3/c1-13-6-5-11-20(12-13)17(22)18(9-10-18)16(21)19-14-7-3-4-8-15(14)23-2/h3-4,7-8,13H,5-6,9-12H2,1-2H3,(H,19,21). The van der Waals surface area contributed by atoms with Gasteiger partial charge in [0.2, 0.25) is 11.8 Å². The van der Waals surface area contributed by atoms with Gasteiger partial charge in [-0.15, -0.1) is 0 Å². The summed E-state index contributed by atoms with van der Waals surface area (Å²) in [5, 5.41) is 2.88. The highest BCUT2D eigenvalue weighted by Gasteiger charge is 2.58. The van der Waals surface area contributed by atoms with Crippen LogP contribution in [0.1, 0.15) is 32.6 Å². The van der Waals surface area contributed by atoms with Crippen LogP contribution in [-0.2, 0) is 9.59 Å². The van der Waals surface area contributed by atoms with Gasteiger partial charge in [0.15, 0.2) is 0 Å². The number of carbonyl (C=O) groups is 2. The number of benzene rings is 1. The van der Waals surface area contributed by atoms with Crippen molar-refractivity contribution >= 4 is 17.5 Å². The lowest BCUT2D eigenvalue weighted by molar-refractivity contribution is -0.143. The molecule has 1 N–H and O–H groups in total. The van der Waals surface area contributed by atoms with Gasteiger partial charge in [-0.2, -0.15) is 0 Å². The molecule has 1 aromatic rings. The number of ether oxygens (including phenoxy) is 1. The Kier molecular flexibility index (Phi) is 4.28. The van der Waals surface area contributed by atoms with Crippen LogP contribution in [0, 0.1) is 11.3 Å². The van der Waals surface area contributed by atoms with E-state index in [1.54, 1.807) is 19.2 Å². The minimum Gasteiger partial charge on any atom is -0.495 e. The number of nitrogens with one attached hydrogen (secondary N) is 1. The van der Waals surface area contributed by atoms with Gasteiger partial charge in [0.25, 0.3) is 0 Å². The van der Waals surface area contributed by atoms with Crippen LogP contribution in [0.15, 0.2) is 24.3 Å². The molecule has 0 bridgehead atoms. The fourth-order valence-corrected chi connectivity index (χ4v) is 3.33. The summed E-state index contributed by atoms with van der Waals surface area (Å²) >= 11 is 0. The normalized spacial score (nSPS) is 22.3. The molecule has 1 atom stereocenters. The zero-order valence-corrected chi connectivity index (χ0v) is 13.8. The van der Waals surface area contributed by atoms with Crippen molar-refractivity contribution in [3.05, 3.63) is 24.3 Å². The minimum atomic E-state index is -0.863. The third-order valence-corrected chi connectivity index (χ3v) is 4.89. The first-order chi connectivity index (χ1) is 11.1. The van der Waals surface area contributed by atoms with Gasteiger partial charge >= 0.3 is 0 Å². The van der Waals surface area contributed by atoms with E-state index < -0.39 is 5.41 Å². The fraction of sp³-hybridized carbons (Fsp3) is 0.556. The number of rotatable bonds is 4. The van der Waals surface area contributed by atoms with E-state index in [1.807, 2.05) is 17.0 Å². The molecule has 124 valence electrons. The van der Waals surface area contributed by atoms with E-state index in [4.69, 9.17) is 4.74 Å². The van der Waals surface area contributed by atoms with E-state index >= 15 is 0 Å². The zero-order valence-electron chi connectivity index (χ0n) is 13.8. The molecule has 5 heteroatoms. The molecule has 23 heavy (non-hydrogen) atoms. The number of nitrogens with zero attached hydrogens (tertiary/aromatic N) is 1. The van der Waals surface area contributed by atoms with E-state index in [2.05, 4.69) is 12.2 Å². The Morgan fingerprint density at radius 2 is 2.04 bits per heavy atom. The SMILES string of the molecule is COc1ccccc1NC(=O)C1(C(=O)N2CCCC(C)C2)CC1. The number of carbonyl (C=O) groups excluding carboxylic acids is 2. The summed E-state index contributed by atoms with van der Waals surface area (Å²) in [5.41, 5.74) is -0.246. The molecule has 0 aromatic heterocycles. The van der Waals surface area contributed by atoms with Crippen LogP contribution in [0.25, 0.3) is 0 Å². The summed E-state index contributed by atoms with van der Waals surface area (Å²) in [7, 11) is 1.57.